The standard InChI is InChI=1S/C9H13N3O.2ClH/c1-7(2)11-12-9(13)8-3-5-10-6-4-8;;/h3-7,11H,1-2H3,(H,12,13);2*1H. The SMILES string of the molecule is CC(C)NNC(=O)c1ccncc1.Cl.Cl. The largest absolute Gasteiger partial charge is 0.287 e. The molecule has 0 aliphatic heterocycles. The third kappa shape index (κ3) is 6.28. The van der Waals surface area contributed by atoms with Crippen LogP contribution in [0.5, 0.6) is 0 Å². The molecule has 0 bridgehead atoms. The Morgan fingerprint density at radius 1 is 1.27 bits per heavy atom. The van der Waals surface area contributed by atoms with E-state index in [-0.39, 0.29) is 36.8 Å². The van der Waals surface area contributed by atoms with Crippen LogP contribution in [-0.4, -0.2) is 16.9 Å². The van der Waals surface area contributed by atoms with E-state index >= 15 is 0 Å². The van der Waals surface area contributed by atoms with Crippen molar-refractivity contribution in [2.75, 3.05) is 0 Å². The quantitative estimate of drug-likeness (QED) is 0.803. The first kappa shape index (κ1) is 16.6. The molecule has 1 rings (SSSR count). The highest BCUT2D eigenvalue weighted by Gasteiger charge is 2.03. The monoisotopic (exact) mass is 251 g/mol. The second kappa shape index (κ2) is 8.47. The van der Waals surface area contributed by atoms with Gasteiger partial charge >= 0.3 is 0 Å². The van der Waals surface area contributed by atoms with Gasteiger partial charge in [0.1, 0.15) is 0 Å². The highest BCUT2D eigenvalue weighted by molar-refractivity contribution is 5.93. The number of carbonyl (C=O) groups excluding carboxylic acids is 1. The number of pyridine rings is 1. The summed E-state index contributed by atoms with van der Waals surface area (Å²) in [7, 11) is 0. The molecule has 0 spiro atoms. The summed E-state index contributed by atoms with van der Waals surface area (Å²) >= 11 is 0. The summed E-state index contributed by atoms with van der Waals surface area (Å²) in [6, 6.07) is 3.56. The van der Waals surface area contributed by atoms with Gasteiger partial charge in [-0.25, -0.2) is 5.43 Å². The van der Waals surface area contributed by atoms with E-state index in [1.54, 1.807) is 24.5 Å². The molecule has 2 N–H and O–H groups in total. The van der Waals surface area contributed by atoms with Crippen molar-refractivity contribution < 1.29 is 4.79 Å². The average Bonchev–Trinajstić information content (AvgIpc) is 2.15. The Labute approximate surface area is 102 Å². The van der Waals surface area contributed by atoms with Crippen LogP contribution in [0.2, 0.25) is 0 Å². The zero-order valence-corrected chi connectivity index (χ0v) is 10.2. The molecule has 1 heterocycles. The van der Waals surface area contributed by atoms with Crippen molar-refractivity contribution in [1.82, 2.24) is 15.8 Å². The molecular formula is C9H15Cl2N3O. The van der Waals surface area contributed by atoms with Crippen LogP contribution in [0.4, 0.5) is 0 Å². The molecule has 15 heavy (non-hydrogen) atoms. The fraction of sp³-hybridized carbons (Fsp3) is 0.333. The minimum atomic E-state index is -0.142. The van der Waals surface area contributed by atoms with Crippen molar-refractivity contribution in [2.45, 2.75) is 19.9 Å². The molecule has 1 amide bonds. The van der Waals surface area contributed by atoms with Crippen molar-refractivity contribution in [3.8, 4) is 0 Å². The molecule has 86 valence electrons. The summed E-state index contributed by atoms with van der Waals surface area (Å²) in [6.45, 7) is 3.90. The number of nitrogens with one attached hydrogen (secondary N) is 2. The van der Waals surface area contributed by atoms with Crippen molar-refractivity contribution >= 4 is 30.7 Å². The third-order valence-electron chi connectivity index (χ3n) is 1.42. The molecule has 0 atom stereocenters. The van der Waals surface area contributed by atoms with Crippen molar-refractivity contribution in [2.24, 2.45) is 0 Å². The van der Waals surface area contributed by atoms with Gasteiger partial charge < -0.3 is 0 Å². The Morgan fingerprint density at radius 3 is 2.27 bits per heavy atom. The highest BCUT2D eigenvalue weighted by atomic mass is 35.5. The molecule has 0 fully saturated rings. The van der Waals surface area contributed by atoms with E-state index in [0.717, 1.165) is 0 Å². The van der Waals surface area contributed by atoms with Gasteiger partial charge in [0.2, 0.25) is 0 Å². The van der Waals surface area contributed by atoms with E-state index in [1.165, 1.54) is 0 Å². The lowest BCUT2D eigenvalue weighted by molar-refractivity contribution is 0.0927. The normalized spacial score (nSPS) is 8.73. The van der Waals surface area contributed by atoms with E-state index in [2.05, 4.69) is 15.8 Å². The Kier molecular flexibility index (Phi) is 9.36. The lowest BCUT2D eigenvalue weighted by Gasteiger charge is -2.09. The summed E-state index contributed by atoms with van der Waals surface area (Å²) in [5.74, 6) is -0.142. The Hall–Kier alpha value is -0.840. The number of hydrogen-bond acceptors (Lipinski definition) is 3. The zero-order chi connectivity index (χ0) is 9.68. The molecule has 1 aromatic heterocycles. The first-order valence-electron chi connectivity index (χ1n) is 4.16. The van der Waals surface area contributed by atoms with E-state index in [4.69, 9.17) is 0 Å². The number of rotatable bonds is 3. The summed E-state index contributed by atoms with van der Waals surface area (Å²) in [5.41, 5.74) is 6.01. The van der Waals surface area contributed by atoms with E-state index in [1.807, 2.05) is 13.8 Å². The van der Waals surface area contributed by atoms with Crippen LogP contribution < -0.4 is 10.9 Å². The number of aromatic nitrogens is 1. The van der Waals surface area contributed by atoms with Crippen LogP contribution in [0, 0.1) is 0 Å². The van der Waals surface area contributed by atoms with Gasteiger partial charge in [0.25, 0.3) is 5.91 Å². The van der Waals surface area contributed by atoms with Crippen LogP contribution in [0.15, 0.2) is 24.5 Å². The minimum Gasteiger partial charge on any atom is -0.287 e. The number of amides is 1. The maximum absolute atomic E-state index is 11.3. The molecule has 1 aromatic rings. The second-order valence-electron chi connectivity index (χ2n) is 2.99. The smallest absolute Gasteiger partial charge is 0.265 e. The molecule has 4 nitrogen and oxygen atoms in total. The summed E-state index contributed by atoms with van der Waals surface area (Å²) in [4.78, 5) is 15.2. The van der Waals surface area contributed by atoms with Crippen molar-refractivity contribution in [3.63, 3.8) is 0 Å². The fourth-order valence-corrected chi connectivity index (χ4v) is 0.785. The molecule has 6 heteroatoms. The van der Waals surface area contributed by atoms with Gasteiger partial charge in [0, 0.05) is 24.0 Å². The summed E-state index contributed by atoms with van der Waals surface area (Å²) in [5, 5.41) is 0. The Bertz CT molecular complexity index is 280. The van der Waals surface area contributed by atoms with Gasteiger partial charge in [-0.1, -0.05) is 0 Å². The van der Waals surface area contributed by atoms with Crippen LogP contribution in [0.1, 0.15) is 24.2 Å². The van der Waals surface area contributed by atoms with Gasteiger partial charge in [-0.2, -0.15) is 0 Å². The molecule has 0 unspecified atom stereocenters. The van der Waals surface area contributed by atoms with Gasteiger partial charge in [-0.05, 0) is 26.0 Å². The topological polar surface area (TPSA) is 54.0 Å². The summed E-state index contributed by atoms with van der Waals surface area (Å²) < 4.78 is 0. The van der Waals surface area contributed by atoms with E-state index < -0.39 is 0 Å². The number of halogens is 2. The number of hydrogen-bond donors (Lipinski definition) is 2. The first-order valence-corrected chi connectivity index (χ1v) is 4.16. The number of hydrazine groups is 1. The molecular weight excluding hydrogens is 237 g/mol. The second-order valence-corrected chi connectivity index (χ2v) is 2.99. The maximum atomic E-state index is 11.3. The average molecular weight is 252 g/mol. The first-order chi connectivity index (χ1) is 6.20. The zero-order valence-electron chi connectivity index (χ0n) is 8.56. The van der Waals surface area contributed by atoms with E-state index in [0.29, 0.717) is 5.56 Å². The van der Waals surface area contributed by atoms with Gasteiger partial charge in [-0.3, -0.25) is 15.2 Å². The minimum absolute atomic E-state index is 0. The molecule has 0 saturated heterocycles. The van der Waals surface area contributed by atoms with Gasteiger partial charge in [0.05, 0.1) is 0 Å². The molecule has 0 saturated carbocycles. The lowest BCUT2D eigenvalue weighted by Crippen LogP contribution is -2.41. The fourth-order valence-electron chi connectivity index (χ4n) is 0.785. The number of carbonyl (C=O) groups is 1. The van der Waals surface area contributed by atoms with E-state index in [9.17, 15) is 4.79 Å². The van der Waals surface area contributed by atoms with Crippen molar-refractivity contribution in [1.29, 1.82) is 0 Å². The van der Waals surface area contributed by atoms with Crippen LogP contribution in [0.3, 0.4) is 0 Å². The molecule has 0 radical (unpaired) electrons. The molecule has 0 aliphatic carbocycles. The third-order valence-corrected chi connectivity index (χ3v) is 1.42. The van der Waals surface area contributed by atoms with Crippen LogP contribution >= 0.6 is 24.8 Å². The van der Waals surface area contributed by atoms with Gasteiger partial charge in [0.15, 0.2) is 0 Å². The van der Waals surface area contributed by atoms with Gasteiger partial charge in [-0.15, -0.1) is 24.8 Å². The van der Waals surface area contributed by atoms with Crippen molar-refractivity contribution in [3.05, 3.63) is 30.1 Å². The maximum Gasteiger partial charge on any atom is 0.265 e. The van der Waals surface area contributed by atoms with Crippen LogP contribution in [0.25, 0.3) is 0 Å². The highest BCUT2D eigenvalue weighted by Crippen LogP contribution is 1.94. The predicted octanol–water partition coefficient (Wildman–Crippen LogP) is 1.57. The predicted molar refractivity (Wildman–Crippen MR) is 64.5 cm³/mol. The molecule has 0 aromatic carbocycles. The molecule has 0 aliphatic rings. The Morgan fingerprint density at radius 2 is 1.80 bits per heavy atom. The Balaban J connectivity index is 0. The summed E-state index contributed by atoms with van der Waals surface area (Å²) in [6.07, 6.45) is 3.18. The van der Waals surface area contributed by atoms with Crippen LogP contribution in [-0.2, 0) is 0 Å². The lowest BCUT2D eigenvalue weighted by atomic mass is 10.2. The number of nitrogens with zero attached hydrogens (tertiary/aromatic N) is 1.